The van der Waals surface area contributed by atoms with Gasteiger partial charge in [0.1, 0.15) is 0 Å². The molecule has 1 N–H and O–H groups in total. The minimum atomic E-state index is -0.574. The monoisotopic (exact) mass is 331 g/mol. The highest BCUT2D eigenvalue weighted by atomic mass is 35.5. The summed E-state index contributed by atoms with van der Waals surface area (Å²) in [5, 5.41) is 14.5. The minimum absolute atomic E-state index is 0.0104. The number of carbonyl (C=O) groups is 1. The molecule has 0 aromatic heterocycles. The molecule has 6 nitrogen and oxygen atoms in total. The summed E-state index contributed by atoms with van der Waals surface area (Å²) < 4.78 is 0. The molecule has 0 aliphatic rings. The second kappa shape index (κ2) is 8.05. The maximum Gasteiger partial charge on any atom is 0.272 e. The zero-order valence-corrected chi connectivity index (χ0v) is 12.9. The van der Waals surface area contributed by atoms with Crippen LogP contribution in [0.25, 0.3) is 0 Å². The van der Waals surface area contributed by atoms with Crippen LogP contribution in [0.1, 0.15) is 22.3 Å². The van der Waals surface area contributed by atoms with E-state index in [0.29, 0.717) is 6.42 Å². The Bertz CT molecular complexity index is 733. The molecule has 0 heterocycles. The van der Waals surface area contributed by atoms with Crippen molar-refractivity contribution in [3.8, 4) is 0 Å². The maximum atomic E-state index is 11.9. The van der Waals surface area contributed by atoms with Crippen molar-refractivity contribution in [1.82, 2.24) is 5.43 Å². The number of halogens is 1. The third-order valence-electron chi connectivity index (χ3n) is 3.07. The number of hydrazone groups is 1. The first-order chi connectivity index (χ1) is 11.1. The van der Waals surface area contributed by atoms with Crippen LogP contribution in [0.2, 0.25) is 5.02 Å². The molecule has 0 saturated carbocycles. The van der Waals surface area contributed by atoms with Crippen molar-refractivity contribution in [2.24, 2.45) is 5.10 Å². The summed E-state index contributed by atoms with van der Waals surface area (Å²) in [7, 11) is 0. The van der Waals surface area contributed by atoms with Gasteiger partial charge in [-0.3, -0.25) is 14.9 Å². The fourth-order valence-electron chi connectivity index (χ4n) is 1.91. The number of hydrogen-bond donors (Lipinski definition) is 1. The lowest BCUT2D eigenvalue weighted by molar-refractivity contribution is -0.384. The fraction of sp³-hybridized carbons (Fsp3) is 0.125. The lowest BCUT2D eigenvalue weighted by atomic mass is 10.1. The highest BCUT2D eigenvalue weighted by molar-refractivity contribution is 6.34. The van der Waals surface area contributed by atoms with Crippen LogP contribution in [0.3, 0.4) is 0 Å². The molecule has 2 rings (SSSR count). The largest absolute Gasteiger partial charge is 0.272 e. The molecule has 0 spiro atoms. The molecule has 118 valence electrons. The number of carbonyl (C=O) groups excluding carboxylic acids is 1. The van der Waals surface area contributed by atoms with Gasteiger partial charge in [0.05, 0.1) is 15.5 Å². The number of non-ortho nitro benzene ring substituents is 1. The Morgan fingerprint density at radius 3 is 2.65 bits per heavy atom. The van der Waals surface area contributed by atoms with Gasteiger partial charge in [-0.15, -0.1) is 0 Å². The molecule has 2 aromatic carbocycles. The second-order valence-electron chi connectivity index (χ2n) is 4.70. The number of nitro benzene ring substituents is 1. The number of amides is 1. The summed E-state index contributed by atoms with van der Waals surface area (Å²) in [6.07, 6.45) is 3.10. The smallest absolute Gasteiger partial charge is 0.267 e. The number of nitrogens with zero attached hydrogens (tertiary/aromatic N) is 2. The van der Waals surface area contributed by atoms with Crippen molar-refractivity contribution >= 4 is 29.4 Å². The predicted molar refractivity (Wildman–Crippen MR) is 88.8 cm³/mol. The van der Waals surface area contributed by atoms with Crippen LogP contribution in [-0.4, -0.2) is 17.0 Å². The van der Waals surface area contributed by atoms with Crippen molar-refractivity contribution in [2.45, 2.75) is 12.8 Å². The van der Waals surface area contributed by atoms with E-state index < -0.39 is 10.8 Å². The van der Waals surface area contributed by atoms with Gasteiger partial charge in [-0.05, 0) is 24.5 Å². The molecular formula is C16H14ClN3O3. The molecular weight excluding hydrogens is 318 g/mol. The van der Waals surface area contributed by atoms with Crippen molar-refractivity contribution in [1.29, 1.82) is 0 Å². The Labute approximate surface area is 137 Å². The van der Waals surface area contributed by atoms with Crippen LogP contribution in [0.5, 0.6) is 0 Å². The Hall–Kier alpha value is -2.73. The highest BCUT2D eigenvalue weighted by Gasteiger charge is 2.14. The Morgan fingerprint density at radius 1 is 1.26 bits per heavy atom. The molecule has 2 aromatic rings. The van der Waals surface area contributed by atoms with E-state index in [2.05, 4.69) is 10.5 Å². The van der Waals surface area contributed by atoms with E-state index >= 15 is 0 Å². The van der Waals surface area contributed by atoms with Crippen LogP contribution < -0.4 is 5.43 Å². The first-order valence-corrected chi connectivity index (χ1v) is 7.25. The zero-order chi connectivity index (χ0) is 16.7. The number of nitro groups is 1. The standard InChI is InChI=1S/C16H14ClN3O3/c17-15-11-13(20(22)23)8-9-14(15)16(21)19-18-10-4-7-12-5-2-1-3-6-12/h1-3,5-6,8-11H,4,7H2,(H,19,21). The third-order valence-corrected chi connectivity index (χ3v) is 3.38. The fourth-order valence-corrected chi connectivity index (χ4v) is 2.17. The van der Waals surface area contributed by atoms with Crippen LogP contribution in [0, 0.1) is 10.1 Å². The van der Waals surface area contributed by atoms with E-state index in [9.17, 15) is 14.9 Å². The van der Waals surface area contributed by atoms with Gasteiger partial charge < -0.3 is 0 Å². The predicted octanol–water partition coefficient (Wildman–Crippen LogP) is 3.60. The molecule has 0 fully saturated rings. The van der Waals surface area contributed by atoms with E-state index in [4.69, 9.17) is 11.6 Å². The van der Waals surface area contributed by atoms with Gasteiger partial charge in [0, 0.05) is 18.3 Å². The minimum Gasteiger partial charge on any atom is -0.267 e. The van der Waals surface area contributed by atoms with Crippen molar-refractivity contribution in [3.63, 3.8) is 0 Å². The summed E-state index contributed by atoms with van der Waals surface area (Å²) in [5.41, 5.74) is 3.50. The summed E-state index contributed by atoms with van der Waals surface area (Å²) in [5.74, 6) is -0.513. The van der Waals surface area contributed by atoms with Crippen LogP contribution in [0.15, 0.2) is 53.6 Å². The normalized spacial score (nSPS) is 10.7. The van der Waals surface area contributed by atoms with Gasteiger partial charge >= 0.3 is 0 Å². The number of rotatable bonds is 6. The molecule has 0 saturated heterocycles. The molecule has 0 atom stereocenters. The molecule has 0 aliphatic carbocycles. The SMILES string of the molecule is O=C(NN=CCCc1ccccc1)c1ccc([N+](=O)[O-])cc1Cl. The molecule has 23 heavy (non-hydrogen) atoms. The maximum absolute atomic E-state index is 11.9. The first-order valence-electron chi connectivity index (χ1n) is 6.87. The Balaban J connectivity index is 1.87. The van der Waals surface area contributed by atoms with Gasteiger partial charge in [-0.1, -0.05) is 41.9 Å². The van der Waals surface area contributed by atoms with Gasteiger partial charge in [0.2, 0.25) is 0 Å². The average Bonchev–Trinajstić information content (AvgIpc) is 2.55. The van der Waals surface area contributed by atoms with Gasteiger partial charge in [0.15, 0.2) is 0 Å². The average molecular weight is 332 g/mol. The van der Waals surface area contributed by atoms with Gasteiger partial charge in [-0.2, -0.15) is 5.10 Å². The molecule has 0 aliphatic heterocycles. The first kappa shape index (κ1) is 16.6. The third kappa shape index (κ3) is 4.89. The lowest BCUT2D eigenvalue weighted by Crippen LogP contribution is -2.18. The van der Waals surface area contributed by atoms with E-state index in [1.807, 2.05) is 30.3 Å². The molecule has 1 amide bonds. The van der Waals surface area contributed by atoms with Gasteiger partial charge in [0.25, 0.3) is 11.6 Å². The van der Waals surface area contributed by atoms with Crippen molar-refractivity contribution in [2.75, 3.05) is 0 Å². The number of benzene rings is 2. The van der Waals surface area contributed by atoms with E-state index in [1.54, 1.807) is 6.21 Å². The molecule has 0 radical (unpaired) electrons. The summed E-state index contributed by atoms with van der Waals surface area (Å²) in [6, 6.07) is 13.6. The Kier molecular flexibility index (Phi) is 5.82. The number of nitrogens with one attached hydrogen (secondary N) is 1. The van der Waals surface area contributed by atoms with E-state index in [-0.39, 0.29) is 16.3 Å². The summed E-state index contributed by atoms with van der Waals surface area (Å²) >= 11 is 5.87. The molecule has 0 unspecified atom stereocenters. The highest BCUT2D eigenvalue weighted by Crippen LogP contribution is 2.22. The number of hydrogen-bond acceptors (Lipinski definition) is 4. The second-order valence-corrected chi connectivity index (χ2v) is 5.11. The summed E-state index contributed by atoms with van der Waals surface area (Å²) in [6.45, 7) is 0. The zero-order valence-electron chi connectivity index (χ0n) is 12.1. The van der Waals surface area contributed by atoms with Crippen LogP contribution in [0.4, 0.5) is 5.69 Å². The van der Waals surface area contributed by atoms with E-state index in [0.717, 1.165) is 12.5 Å². The van der Waals surface area contributed by atoms with E-state index in [1.165, 1.54) is 17.7 Å². The quantitative estimate of drug-likeness (QED) is 0.498. The topological polar surface area (TPSA) is 84.6 Å². The van der Waals surface area contributed by atoms with Crippen LogP contribution in [-0.2, 0) is 6.42 Å². The van der Waals surface area contributed by atoms with Crippen molar-refractivity contribution in [3.05, 3.63) is 74.8 Å². The summed E-state index contributed by atoms with van der Waals surface area (Å²) in [4.78, 5) is 21.9. The van der Waals surface area contributed by atoms with Crippen molar-refractivity contribution < 1.29 is 9.72 Å². The lowest BCUT2D eigenvalue weighted by Gasteiger charge is -2.02. The number of aryl methyl sites for hydroxylation is 1. The Morgan fingerprint density at radius 2 is 2.00 bits per heavy atom. The van der Waals surface area contributed by atoms with Crippen LogP contribution >= 0.6 is 11.6 Å². The molecule has 0 bridgehead atoms. The van der Waals surface area contributed by atoms with Gasteiger partial charge in [-0.25, -0.2) is 5.43 Å². The molecule has 7 heteroatoms.